The molecule has 0 aromatic rings. The second-order valence-electron chi connectivity index (χ2n) is 3.67. The van der Waals surface area contributed by atoms with Crippen LogP contribution < -0.4 is 0 Å². The third-order valence-corrected chi connectivity index (χ3v) is 3.24. The molecule has 0 aromatic heterocycles. The zero-order valence-electron chi connectivity index (χ0n) is 9.95. The number of oxime groups is 1. The third-order valence-electron chi connectivity index (χ3n) is 2.52. The van der Waals surface area contributed by atoms with E-state index in [1.165, 1.54) is 12.8 Å². The Labute approximate surface area is 111 Å². The van der Waals surface area contributed by atoms with Crippen LogP contribution in [0, 0.1) is 0 Å². The van der Waals surface area contributed by atoms with Crippen LogP contribution in [-0.2, 0) is 14.3 Å². The highest BCUT2D eigenvalue weighted by molar-refractivity contribution is 14.1. The first kappa shape index (κ1) is 14.2. The Balaban J connectivity index is 2.51. The van der Waals surface area contributed by atoms with Gasteiger partial charge in [0.25, 0.3) is 0 Å². The van der Waals surface area contributed by atoms with Gasteiger partial charge in [0.05, 0.1) is 10.1 Å². The molecule has 1 fully saturated rings. The van der Waals surface area contributed by atoms with Crippen molar-refractivity contribution in [2.75, 3.05) is 18.1 Å². The van der Waals surface area contributed by atoms with Crippen molar-refractivity contribution in [1.29, 1.82) is 0 Å². The van der Waals surface area contributed by atoms with Gasteiger partial charge in [0.2, 0.25) is 0 Å². The summed E-state index contributed by atoms with van der Waals surface area (Å²) in [5, 5.41) is 4.05. The van der Waals surface area contributed by atoms with E-state index in [0.29, 0.717) is 6.61 Å². The van der Waals surface area contributed by atoms with E-state index in [1.807, 2.05) is 6.92 Å². The molecule has 1 aliphatic carbocycles. The van der Waals surface area contributed by atoms with Crippen LogP contribution in [0.25, 0.3) is 0 Å². The predicted molar refractivity (Wildman–Crippen MR) is 72.1 cm³/mol. The number of halogens is 1. The second-order valence-corrected chi connectivity index (χ2v) is 4.56. The maximum absolute atomic E-state index is 5.91. The monoisotopic (exact) mass is 341 g/mol. The van der Waals surface area contributed by atoms with Gasteiger partial charge < -0.3 is 14.3 Å². The average Bonchev–Trinajstić information content (AvgIpc) is 2.31. The minimum Gasteiger partial charge on any atom is -0.399 e. The molecule has 0 saturated heterocycles. The van der Waals surface area contributed by atoms with Gasteiger partial charge >= 0.3 is 0 Å². The fourth-order valence-corrected chi connectivity index (χ4v) is 2.28. The van der Waals surface area contributed by atoms with Crippen molar-refractivity contribution in [2.24, 2.45) is 5.16 Å². The van der Waals surface area contributed by atoms with Crippen LogP contribution in [0.15, 0.2) is 5.16 Å². The molecule has 2 unspecified atom stereocenters. The smallest absolute Gasteiger partial charge is 0.167 e. The quantitative estimate of drug-likeness (QED) is 0.323. The molecule has 0 N–H and O–H groups in total. The molecule has 94 valence electrons. The van der Waals surface area contributed by atoms with Crippen LogP contribution in [0.2, 0.25) is 0 Å². The molecule has 0 aromatic carbocycles. The van der Waals surface area contributed by atoms with Gasteiger partial charge in [-0.25, -0.2) is 0 Å². The van der Waals surface area contributed by atoms with E-state index in [2.05, 4.69) is 27.7 Å². The summed E-state index contributed by atoms with van der Waals surface area (Å²) in [7, 11) is 1.58. The van der Waals surface area contributed by atoms with Crippen LogP contribution in [0.5, 0.6) is 0 Å². The molecule has 0 aliphatic heterocycles. The van der Waals surface area contributed by atoms with E-state index in [9.17, 15) is 0 Å². The first-order chi connectivity index (χ1) is 7.81. The summed E-state index contributed by atoms with van der Waals surface area (Å²) in [6.45, 7) is 2.66. The van der Waals surface area contributed by atoms with Crippen molar-refractivity contribution in [2.45, 2.75) is 45.0 Å². The van der Waals surface area contributed by atoms with E-state index in [-0.39, 0.29) is 12.4 Å². The van der Waals surface area contributed by atoms with Crippen LogP contribution in [0.4, 0.5) is 0 Å². The van der Waals surface area contributed by atoms with Gasteiger partial charge in [-0.2, -0.15) is 0 Å². The van der Waals surface area contributed by atoms with E-state index in [0.717, 1.165) is 23.0 Å². The van der Waals surface area contributed by atoms with Crippen LogP contribution in [0.1, 0.15) is 32.6 Å². The number of hydrogen-bond donors (Lipinski definition) is 0. The number of nitrogens with zero attached hydrogens (tertiary/aromatic N) is 1. The topological polar surface area (TPSA) is 40.0 Å². The molecule has 0 radical (unpaired) electrons. The lowest BCUT2D eigenvalue weighted by molar-refractivity contribution is -0.139. The van der Waals surface area contributed by atoms with Crippen molar-refractivity contribution in [3.05, 3.63) is 0 Å². The molecule has 5 heteroatoms. The third kappa shape index (κ3) is 4.55. The summed E-state index contributed by atoms with van der Waals surface area (Å²) < 4.78 is 12.2. The zero-order chi connectivity index (χ0) is 11.8. The van der Waals surface area contributed by atoms with Crippen molar-refractivity contribution in [1.82, 2.24) is 0 Å². The first-order valence-electron chi connectivity index (χ1n) is 5.74. The molecule has 1 saturated carbocycles. The Morgan fingerprint density at radius 2 is 2.31 bits per heavy atom. The van der Waals surface area contributed by atoms with Gasteiger partial charge in [0.15, 0.2) is 6.29 Å². The predicted octanol–water partition coefficient (Wildman–Crippen LogP) is 2.75. The summed E-state index contributed by atoms with van der Waals surface area (Å²) in [5.41, 5.74) is 1.02. The van der Waals surface area contributed by atoms with E-state index >= 15 is 0 Å². The highest BCUT2D eigenvalue weighted by atomic mass is 127. The Hall–Kier alpha value is 0.120. The van der Waals surface area contributed by atoms with Crippen LogP contribution in [0.3, 0.4) is 0 Å². The lowest BCUT2D eigenvalue weighted by atomic mass is 9.95. The zero-order valence-corrected chi connectivity index (χ0v) is 12.1. The molecule has 0 bridgehead atoms. The SMILES string of the molecule is CCOC(CI)OC1CCCC/C1=N\OC. The molecular weight excluding hydrogens is 321 g/mol. The largest absolute Gasteiger partial charge is 0.399 e. The van der Waals surface area contributed by atoms with Gasteiger partial charge in [0.1, 0.15) is 13.2 Å². The molecule has 1 rings (SSSR count). The molecule has 1 aliphatic rings. The summed E-state index contributed by atoms with van der Waals surface area (Å²) in [5.74, 6) is 0. The van der Waals surface area contributed by atoms with Crippen molar-refractivity contribution < 1.29 is 14.3 Å². The fraction of sp³-hybridized carbons (Fsp3) is 0.909. The minimum atomic E-state index is -0.129. The number of alkyl halides is 1. The molecule has 4 nitrogen and oxygen atoms in total. The molecule has 16 heavy (non-hydrogen) atoms. The van der Waals surface area contributed by atoms with Gasteiger partial charge in [-0.15, -0.1) is 0 Å². The van der Waals surface area contributed by atoms with Crippen molar-refractivity contribution >= 4 is 28.3 Å². The van der Waals surface area contributed by atoms with Crippen molar-refractivity contribution in [3.63, 3.8) is 0 Å². The normalized spacial score (nSPS) is 25.7. The summed E-state index contributed by atoms with van der Waals surface area (Å²) in [4.78, 5) is 4.85. The van der Waals surface area contributed by atoms with Gasteiger partial charge in [-0.05, 0) is 26.2 Å². The Morgan fingerprint density at radius 3 is 2.94 bits per heavy atom. The lowest BCUT2D eigenvalue weighted by Crippen LogP contribution is -2.34. The van der Waals surface area contributed by atoms with E-state index in [1.54, 1.807) is 7.11 Å². The van der Waals surface area contributed by atoms with E-state index in [4.69, 9.17) is 14.3 Å². The Morgan fingerprint density at radius 1 is 1.50 bits per heavy atom. The summed E-state index contributed by atoms with van der Waals surface area (Å²) >= 11 is 2.28. The summed E-state index contributed by atoms with van der Waals surface area (Å²) in [6, 6.07) is 0. The average molecular weight is 341 g/mol. The minimum absolute atomic E-state index is 0.0695. The fourth-order valence-electron chi connectivity index (χ4n) is 1.82. The maximum Gasteiger partial charge on any atom is 0.167 e. The lowest BCUT2D eigenvalue weighted by Gasteiger charge is -2.27. The summed E-state index contributed by atoms with van der Waals surface area (Å²) in [6.07, 6.45) is 4.29. The van der Waals surface area contributed by atoms with Crippen molar-refractivity contribution in [3.8, 4) is 0 Å². The highest BCUT2D eigenvalue weighted by Crippen LogP contribution is 2.21. The number of ether oxygens (including phenoxy) is 2. The standard InChI is InChI=1S/C11H20INO3/c1-3-15-11(8-12)16-10-7-5-4-6-9(10)13-14-2/h10-11H,3-8H2,1-2H3/b13-9+. The molecule has 0 heterocycles. The molecule has 0 spiro atoms. The Bertz CT molecular complexity index is 223. The maximum atomic E-state index is 5.91. The first-order valence-corrected chi connectivity index (χ1v) is 7.27. The van der Waals surface area contributed by atoms with Gasteiger partial charge in [0, 0.05) is 6.61 Å². The number of hydrogen-bond acceptors (Lipinski definition) is 4. The van der Waals surface area contributed by atoms with Crippen LogP contribution in [-0.4, -0.2) is 36.2 Å². The molecule has 2 atom stereocenters. The second kappa shape index (κ2) is 8.25. The Kier molecular flexibility index (Phi) is 7.31. The van der Waals surface area contributed by atoms with Gasteiger partial charge in [-0.3, -0.25) is 0 Å². The molecular formula is C11H20INO3. The molecule has 0 amide bonds. The van der Waals surface area contributed by atoms with Crippen LogP contribution >= 0.6 is 22.6 Å². The highest BCUT2D eigenvalue weighted by Gasteiger charge is 2.25. The number of rotatable bonds is 6. The van der Waals surface area contributed by atoms with Gasteiger partial charge in [-0.1, -0.05) is 34.2 Å². The van der Waals surface area contributed by atoms with E-state index < -0.39 is 0 Å².